The number of amides is 4. The zero-order valence-electron chi connectivity index (χ0n) is 23.0. The Bertz CT molecular complexity index is 997. The van der Waals surface area contributed by atoms with E-state index in [4.69, 9.17) is 9.47 Å². The number of piperidine rings is 1. The lowest BCUT2D eigenvalue weighted by molar-refractivity contribution is -0.151. The summed E-state index contributed by atoms with van der Waals surface area (Å²) in [5.74, 6) is -0.767. The Morgan fingerprint density at radius 2 is 1.62 bits per heavy atom. The van der Waals surface area contributed by atoms with Crippen LogP contribution >= 0.6 is 0 Å². The number of carbonyl (C=O) groups is 4. The zero-order chi connectivity index (χ0) is 27.8. The smallest absolute Gasteiger partial charge is 0.253 e. The summed E-state index contributed by atoms with van der Waals surface area (Å²) in [7, 11) is 0. The third-order valence-electron chi connectivity index (χ3n) is 7.75. The lowest BCUT2D eigenvalue weighted by Crippen LogP contribution is -2.63. The lowest BCUT2D eigenvalue weighted by atomic mass is 10.0. The largest absolute Gasteiger partial charge is 0.377 e. The number of ether oxygens (including phenoxy) is 2. The van der Waals surface area contributed by atoms with Crippen molar-refractivity contribution >= 4 is 23.6 Å². The van der Waals surface area contributed by atoms with Crippen molar-refractivity contribution in [3.05, 3.63) is 35.9 Å². The maximum atomic E-state index is 13.7. The molecule has 1 atom stereocenters. The normalized spacial score (nSPS) is 23.7. The summed E-state index contributed by atoms with van der Waals surface area (Å²) in [5, 5.41) is 2.90. The number of nitrogens with zero attached hydrogens (tertiary/aromatic N) is 4. The molecule has 0 saturated carbocycles. The number of rotatable bonds is 3. The van der Waals surface area contributed by atoms with E-state index in [-0.39, 0.29) is 55.5 Å². The Hall–Kier alpha value is -3.02. The maximum Gasteiger partial charge on any atom is 0.253 e. The lowest BCUT2D eigenvalue weighted by Gasteiger charge is -2.44. The first-order valence-corrected chi connectivity index (χ1v) is 14.0. The number of nitrogens with one attached hydrogen (secondary N) is 1. The molecular weight excluding hydrogens is 502 g/mol. The molecule has 3 saturated heterocycles. The van der Waals surface area contributed by atoms with Gasteiger partial charge in [-0.15, -0.1) is 0 Å². The molecule has 1 N–H and O–H groups in total. The highest BCUT2D eigenvalue weighted by Crippen LogP contribution is 2.21. The van der Waals surface area contributed by atoms with Gasteiger partial charge < -0.3 is 29.5 Å². The second-order valence-corrected chi connectivity index (χ2v) is 10.6. The van der Waals surface area contributed by atoms with Gasteiger partial charge in [-0.3, -0.25) is 24.1 Å². The van der Waals surface area contributed by atoms with Crippen molar-refractivity contribution in [1.82, 2.24) is 24.9 Å². The van der Waals surface area contributed by atoms with Crippen molar-refractivity contribution < 1.29 is 28.7 Å². The molecule has 1 aromatic carbocycles. The number of benzene rings is 1. The van der Waals surface area contributed by atoms with E-state index in [0.717, 1.165) is 0 Å². The molecule has 3 heterocycles. The van der Waals surface area contributed by atoms with Gasteiger partial charge in [-0.1, -0.05) is 18.2 Å². The Morgan fingerprint density at radius 3 is 2.33 bits per heavy atom. The van der Waals surface area contributed by atoms with Crippen LogP contribution in [0.25, 0.3) is 0 Å². The summed E-state index contributed by atoms with van der Waals surface area (Å²) in [5.41, 5.74) is 0.636. The standard InChI is InChI=1S/C28H41N5O6/c1-21(2)31-13-14-32-24(18-31)27(36)29-10-15-38-16-17-39-20-26(35)33(19-25(32)34)23-8-11-30(12-9-23)28(37)22-6-4-3-5-7-22/h3-7,21,23-24H,8-20H2,1-2H3,(H,29,36)/t24-/m0/s1. The van der Waals surface area contributed by atoms with Crippen molar-refractivity contribution in [2.45, 2.75) is 44.8 Å². The summed E-state index contributed by atoms with van der Waals surface area (Å²) >= 11 is 0. The average molecular weight is 544 g/mol. The summed E-state index contributed by atoms with van der Waals surface area (Å²) in [6.45, 7) is 7.57. The zero-order valence-corrected chi connectivity index (χ0v) is 23.0. The fourth-order valence-electron chi connectivity index (χ4n) is 5.42. The Balaban J connectivity index is 1.48. The summed E-state index contributed by atoms with van der Waals surface area (Å²) < 4.78 is 11.1. The summed E-state index contributed by atoms with van der Waals surface area (Å²) in [6, 6.07) is 8.55. The second kappa shape index (κ2) is 13.9. The van der Waals surface area contributed by atoms with Crippen LogP contribution in [0.15, 0.2) is 30.3 Å². The van der Waals surface area contributed by atoms with Gasteiger partial charge in [-0.25, -0.2) is 0 Å². The number of carbonyl (C=O) groups excluding carboxylic acids is 4. The summed E-state index contributed by atoms with van der Waals surface area (Å²) in [6.07, 6.45) is 1.12. The van der Waals surface area contributed by atoms with E-state index in [1.165, 1.54) is 0 Å². The Labute approximate surface area is 230 Å². The molecule has 4 amide bonds. The van der Waals surface area contributed by atoms with Crippen LogP contribution < -0.4 is 5.32 Å². The molecule has 0 spiro atoms. The molecule has 214 valence electrons. The molecule has 1 aromatic rings. The highest BCUT2D eigenvalue weighted by molar-refractivity contribution is 5.94. The van der Waals surface area contributed by atoms with Crippen LogP contribution in [0.3, 0.4) is 0 Å². The Morgan fingerprint density at radius 1 is 0.897 bits per heavy atom. The minimum Gasteiger partial charge on any atom is -0.377 e. The summed E-state index contributed by atoms with van der Waals surface area (Å²) in [4.78, 5) is 60.2. The molecular formula is C28H41N5O6. The van der Waals surface area contributed by atoms with Crippen molar-refractivity contribution in [1.29, 1.82) is 0 Å². The molecule has 3 fully saturated rings. The molecule has 4 rings (SSSR count). The van der Waals surface area contributed by atoms with Gasteiger partial charge in [0.1, 0.15) is 19.2 Å². The van der Waals surface area contributed by atoms with Gasteiger partial charge >= 0.3 is 0 Å². The van der Waals surface area contributed by atoms with E-state index < -0.39 is 6.04 Å². The SMILES string of the molecule is CC(C)N1CCN2C(=O)CN(C3CCN(C(=O)c4ccccc4)CC3)C(=O)COCCOCCNC(=O)[C@@H]2C1. The maximum absolute atomic E-state index is 13.7. The van der Waals surface area contributed by atoms with Crippen molar-refractivity contribution in [2.24, 2.45) is 0 Å². The molecule has 0 radical (unpaired) electrons. The van der Waals surface area contributed by atoms with Crippen LogP contribution in [0.5, 0.6) is 0 Å². The minimum absolute atomic E-state index is 0.0336. The van der Waals surface area contributed by atoms with Gasteiger partial charge in [-0.2, -0.15) is 0 Å². The Kier molecular flexibility index (Phi) is 10.3. The van der Waals surface area contributed by atoms with Crippen LogP contribution in [0.2, 0.25) is 0 Å². The molecule has 0 bridgehead atoms. The minimum atomic E-state index is -0.641. The molecule has 11 heteroatoms. The van der Waals surface area contributed by atoms with E-state index >= 15 is 0 Å². The number of likely N-dealkylation sites (tertiary alicyclic amines) is 1. The topological polar surface area (TPSA) is 112 Å². The van der Waals surface area contributed by atoms with Gasteiger partial charge in [0.2, 0.25) is 17.7 Å². The van der Waals surface area contributed by atoms with Crippen LogP contribution in [0.1, 0.15) is 37.0 Å². The van der Waals surface area contributed by atoms with Gasteiger partial charge in [0, 0.05) is 56.9 Å². The average Bonchev–Trinajstić information content (AvgIpc) is 2.96. The van der Waals surface area contributed by atoms with Gasteiger partial charge in [0.15, 0.2) is 0 Å². The number of fused-ring (bicyclic) bond motifs is 1. The molecule has 0 aliphatic carbocycles. The molecule has 0 unspecified atom stereocenters. The first kappa shape index (κ1) is 29.0. The third kappa shape index (κ3) is 7.55. The monoisotopic (exact) mass is 543 g/mol. The first-order valence-electron chi connectivity index (χ1n) is 14.0. The van der Waals surface area contributed by atoms with Crippen LogP contribution in [-0.4, -0.2) is 134 Å². The number of hydrogen-bond acceptors (Lipinski definition) is 7. The van der Waals surface area contributed by atoms with E-state index in [1.54, 1.807) is 26.8 Å². The van der Waals surface area contributed by atoms with Crippen molar-refractivity contribution in [2.75, 3.05) is 72.2 Å². The van der Waals surface area contributed by atoms with Crippen molar-refractivity contribution in [3.63, 3.8) is 0 Å². The van der Waals surface area contributed by atoms with Gasteiger partial charge in [0.25, 0.3) is 5.91 Å². The van der Waals surface area contributed by atoms with E-state index in [2.05, 4.69) is 24.1 Å². The molecule has 3 aliphatic heterocycles. The quantitative estimate of drug-likeness (QED) is 0.580. The molecule has 39 heavy (non-hydrogen) atoms. The first-order chi connectivity index (χ1) is 18.8. The van der Waals surface area contributed by atoms with E-state index in [1.807, 2.05) is 18.2 Å². The number of hydrogen-bond donors (Lipinski definition) is 1. The van der Waals surface area contributed by atoms with Gasteiger partial charge in [0.05, 0.1) is 19.8 Å². The fourth-order valence-corrected chi connectivity index (χ4v) is 5.42. The van der Waals surface area contributed by atoms with Crippen LogP contribution in [-0.2, 0) is 23.9 Å². The molecule has 0 aromatic heterocycles. The van der Waals surface area contributed by atoms with E-state index in [0.29, 0.717) is 70.9 Å². The van der Waals surface area contributed by atoms with E-state index in [9.17, 15) is 19.2 Å². The van der Waals surface area contributed by atoms with Crippen LogP contribution in [0, 0.1) is 0 Å². The second-order valence-electron chi connectivity index (χ2n) is 10.6. The van der Waals surface area contributed by atoms with Crippen LogP contribution in [0.4, 0.5) is 0 Å². The fraction of sp³-hybridized carbons (Fsp3) is 0.643. The predicted molar refractivity (Wildman–Crippen MR) is 144 cm³/mol. The highest BCUT2D eigenvalue weighted by atomic mass is 16.5. The predicted octanol–water partition coefficient (Wildman–Crippen LogP) is 0.204. The molecule has 3 aliphatic rings. The molecule has 11 nitrogen and oxygen atoms in total. The number of piperazine rings is 1. The third-order valence-corrected chi connectivity index (χ3v) is 7.75. The van der Waals surface area contributed by atoms with Gasteiger partial charge in [-0.05, 0) is 38.8 Å². The van der Waals surface area contributed by atoms with Crippen molar-refractivity contribution in [3.8, 4) is 0 Å². The highest BCUT2D eigenvalue weighted by Gasteiger charge is 2.38.